The van der Waals surface area contributed by atoms with Gasteiger partial charge in [0.2, 0.25) is 0 Å². The van der Waals surface area contributed by atoms with Crippen LogP contribution in [0.4, 0.5) is 0 Å². The molecule has 2 aliphatic rings. The van der Waals surface area contributed by atoms with Gasteiger partial charge in [-0.15, -0.1) is 0 Å². The molecule has 1 aromatic carbocycles. The third-order valence-electron chi connectivity index (χ3n) is 6.00. The van der Waals surface area contributed by atoms with Gasteiger partial charge in [-0.2, -0.15) is 0 Å². The minimum atomic E-state index is 0.606. The molecule has 1 aliphatic carbocycles. The Morgan fingerprint density at radius 2 is 2.00 bits per heavy atom. The van der Waals surface area contributed by atoms with Crippen LogP contribution in [0, 0.1) is 5.92 Å². The molecule has 1 saturated heterocycles. The number of nitrogens with zero attached hydrogens (tertiary/aromatic N) is 2. The first kappa shape index (κ1) is 24.8. The van der Waals surface area contributed by atoms with E-state index >= 15 is 0 Å². The normalized spacial score (nSPS) is 17.5. The van der Waals surface area contributed by atoms with Crippen LogP contribution >= 0.6 is 0 Å². The zero-order valence-electron chi connectivity index (χ0n) is 20.0. The van der Waals surface area contributed by atoms with E-state index in [0.29, 0.717) is 19.2 Å². The fourth-order valence-electron chi connectivity index (χ4n) is 3.78. The second-order valence-corrected chi connectivity index (χ2v) is 8.81. The summed E-state index contributed by atoms with van der Waals surface area (Å²) in [6, 6.07) is 8.86. The van der Waals surface area contributed by atoms with Gasteiger partial charge in [-0.1, -0.05) is 12.1 Å². The summed E-state index contributed by atoms with van der Waals surface area (Å²) in [7, 11) is 2.18. The van der Waals surface area contributed by atoms with Gasteiger partial charge in [0, 0.05) is 52.1 Å². The molecule has 0 spiro atoms. The maximum atomic E-state index is 6.02. The minimum absolute atomic E-state index is 0.606. The summed E-state index contributed by atoms with van der Waals surface area (Å²) in [6.07, 6.45) is 5.90. The second-order valence-electron chi connectivity index (χ2n) is 8.81. The molecule has 7 nitrogen and oxygen atoms in total. The van der Waals surface area contributed by atoms with Crippen molar-refractivity contribution in [1.82, 2.24) is 15.5 Å². The lowest BCUT2D eigenvalue weighted by atomic mass is 10.1. The number of guanidine groups is 1. The van der Waals surface area contributed by atoms with E-state index in [0.717, 1.165) is 88.5 Å². The lowest BCUT2D eigenvalue weighted by Crippen LogP contribution is -2.38. The number of likely N-dealkylation sites (N-methyl/N-ethyl adjacent to an activating group) is 1. The molecule has 0 bridgehead atoms. The molecule has 0 amide bonds. The number of benzene rings is 1. The maximum Gasteiger partial charge on any atom is 0.191 e. The summed E-state index contributed by atoms with van der Waals surface area (Å²) in [5.74, 6) is 2.58. The first-order valence-electron chi connectivity index (χ1n) is 12.3. The Balaban J connectivity index is 1.36. The molecule has 32 heavy (non-hydrogen) atoms. The molecule has 2 N–H and O–H groups in total. The molecule has 2 fully saturated rings. The zero-order chi connectivity index (χ0) is 22.4. The number of hydrogen-bond donors (Lipinski definition) is 2. The van der Waals surface area contributed by atoms with Gasteiger partial charge in [0.05, 0.1) is 6.54 Å². The summed E-state index contributed by atoms with van der Waals surface area (Å²) in [5, 5.41) is 6.72. The van der Waals surface area contributed by atoms with E-state index in [-0.39, 0.29) is 0 Å². The number of aliphatic imine (C=N–C) groups is 1. The van der Waals surface area contributed by atoms with Crippen molar-refractivity contribution in [3.8, 4) is 5.75 Å². The summed E-state index contributed by atoms with van der Waals surface area (Å²) >= 11 is 0. The van der Waals surface area contributed by atoms with Gasteiger partial charge in [0.1, 0.15) is 12.4 Å². The average Bonchev–Trinajstić information content (AvgIpc) is 3.65. The van der Waals surface area contributed by atoms with Gasteiger partial charge < -0.3 is 24.8 Å². The van der Waals surface area contributed by atoms with Crippen molar-refractivity contribution in [2.75, 3.05) is 59.7 Å². The molecule has 1 heterocycles. The fourth-order valence-corrected chi connectivity index (χ4v) is 3.78. The van der Waals surface area contributed by atoms with Crippen molar-refractivity contribution < 1.29 is 14.2 Å². The summed E-state index contributed by atoms with van der Waals surface area (Å²) < 4.78 is 17.2. The SMILES string of the molecule is CCNC(=NCc1cccc(OCCN(C)C2CCOCC2)c1)NCCCOCC1CC1. The van der Waals surface area contributed by atoms with Crippen LogP contribution in [0.5, 0.6) is 5.75 Å². The number of rotatable bonds is 14. The molecule has 180 valence electrons. The van der Waals surface area contributed by atoms with Crippen molar-refractivity contribution in [1.29, 1.82) is 0 Å². The summed E-state index contributed by atoms with van der Waals surface area (Å²) in [6.45, 7) is 9.50. The molecule has 0 atom stereocenters. The van der Waals surface area contributed by atoms with Gasteiger partial charge in [-0.25, -0.2) is 4.99 Å². The van der Waals surface area contributed by atoms with Crippen LogP contribution in [0.3, 0.4) is 0 Å². The minimum Gasteiger partial charge on any atom is -0.492 e. The monoisotopic (exact) mass is 446 g/mol. The molecular formula is C25H42N4O3. The van der Waals surface area contributed by atoms with E-state index in [1.165, 1.54) is 12.8 Å². The van der Waals surface area contributed by atoms with Crippen LogP contribution in [0.2, 0.25) is 0 Å². The summed E-state index contributed by atoms with van der Waals surface area (Å²) in [4.78, 5) is 7.12. The van der Waals surface area contributed by atoms with Crippen molar-refractivity contribution in [2.24, 2.45) is 10.9 Å². The molecule has 1 saturated carbocycles. The van der Waals surface area contributed by atoms with Crippen LogP contribution in [0.15, 0.2) is 29.3 Å². The van der Waals surface area contributed by atoms with Gasteiger partial charge in [-0.05, 0) is 69.7 Å². The first-order valence-corrected chi connectivity index (χ1v) is 12.3. The highest BCUT2D eigenvalue weighted by atomic mass is 16.5. The predicted molar refractivity (Wildman–Crippen MR) is 129 cm³/mol. The molecule has 7 heteroatoms. The van der Waals surface area contributed by atoms with E-state index in [2.05, 4.69) is 41.6 Å². The fraction of sp³-hybridized carbons (Fsp3) is 0.720. The van der Waals surface area contributed by atoms with E-state index < -0.39 is 0 Å². The molecule has 0 unspecified atom stereocenters. The van der Waals surface area contributed by atoms with Gasteiger partial charge in [-0.3, -0.25) is 4.90 Å². The highest BCUT2D eigenvalue weighted by Gasteiger charge is 2.20. The highest BCUT2D eigenvalue weighted by Crippen LogP contribution is 2.28. The molecule has 1 aromatic rings. The van der Waals surface area contributed by atoms with Crippen LogP contribution in [0.25, 0.3) is 0 Å². The molecule has 0 radical (unpaired) electrons. The van der Waals surface area contributed by atoms with Crippen molar-refractivity contribution in [3.63, 3.8) is 0 Å². The van der Waals surface area contributed by atoms with Crippen molar-refractivity contribution in [3.05, 3.63) is 29.8 Å². The first-order chi connectivity index (χ1) is 15.7. The Morgan fingerprint density at radius 1 is 1.16 bits per heavy atom. The Hall–Kier alpha value is -1.83. The number of nitrogens with one attached hydrogen (secondary N) is 2. The molecule has 0 aromatic heterocycles. The van der Waals surface area contributed by atoms with Crippen molar-refractivity contribution >= 4 is 5.96 Å². The zero-order valence-corrected chi connectivity index (χ0v) is 20.0. The quantitative estimate of drug-likeness (QED) is 0.260. The van der Waals surface area contributed by atoms with Crippen LogP contribution in [-0.2, 0) is 16.0 Å². The highest BCUT2D eigenvalue weighted by molar-refractivity contribution is 5.79. The Labute approximate surface area is 193 Å². The Morgan fingerprint density at radius 3 is 2.78 bits per heavy atom. The van der Waals surface area contributed by atoms with E-state index in [4.69, 9.17) is 19.2 Å². The van der Waals surface area contributed by atoms with E-state index in [1.54, 1.807) is 0 Å². The van der Waals surface area contributed by atoms with Crippen LogP contribution in [-0.4, -0.2) is 76.6 Å². The molecule has 3 rings (SSSR count). The molecular weight excluding hydrogens is 404 g/mol. The second kappa shape index (κ2) is 14.3. The largest absolute Gasteiger partial charge is 0.492 e. The topological polar surface area (TPSA) is 67.4 Å². The predicted octanol–water partition coefficient (Wildman–Crippen LogP) is 3.05. The number of hydrogen-bond acceptors (Lipinski definition) is 5. The Kier molecular flexibility index (Phi) is 11.1. The van der Waals surface area contributed by atoms with Crippen molar-refractivity contribution in [2.45, 2.75) is 51.6 Å². The lowest BCUT2D eigenvalue weighted by molar-refractivity contribution is 0.0392. The maximum absolute atomic E-state index is 6.02. The Bertz CT molecular complexity index is 675. The molecule has 1 aliphatic heterocycles. The van der Waals surface area contributed by atoms with Crippen LogP contribution in [0.1, 0.15) is 44.6 Å². The average molecular weight is 447 g/mol. The lowest BCUT2D eigenvalue weighted by Gasteiger charge is -2.31. The number of ether oxygens (including phenoxy) is 3. The van der Waals surface area contributed by atoms with Crippen LogP contribution < -0.4 is 15.4 Å². The third-order valence-corrected chi connectivity index (χ3v) is 6.00. The van der Waals surface area contributed by atoms with Gasteiger partial charge in [0.15, 0.2) is 5.96 Å². The van der Waals surface area contributed by atoms with E-state index in [9.17, 15) is 0 Å². The van der Waals surface area contributed by atoms with Gasteiger partial charge >= 0.3 is 0 Å². The standard InChI is InChI=1S/C25H42N4O3/c1-3-26-25(27-12-5-14-31-20-21-8-9-21)28-19-22-6-4-7-24(18-22)32-17-13-29(2)23-10-15-30-16-11-23/h4,6-7,18,21,23H,3,5,8-17,19-20H2,1-2H3,(H2,26,27,28). The smallest absolute Gasteiger partial charge is 0.191 e. The third kappa shape index (κ3) is 9.76. The summed E-state index contributed by atoms with van der Waals surface area (Å²) in [5.41, 5.74) is 1.14. The van der Waals surface area contributed by atoms with Gasteiger partial charge in [0.25, 0.3) is 0 Å². The van der Waals surface area contributed by atoms with E-state index in [1.807, 2.05) is 12.1 Å².